The van der Waals surface area contributed by atoms with E-state index in [1.807, 2.05) is 24.3 Å². The van der Waals surface area contributed by atoms with Gasteiger partial charge >= 0.3 is 0 Å². The third kappa shape index (κ3) is 4.39. The number of methoxy groups -OCH3 is 1. The van der Waals surface area contributed by atoms with Gasteiger partial charge in [0.25, 0.3) is 5.03 Å². The molecule has 0 saturated carbocycles. The molecule has 22 heavy (non-hydrogen) atoms. The molecule has 1 aromatic carbocycles. The number of nitrogens with zero attached hydrogens (tertiary/aromatic N) is 1. The molecule has 2 aromatic rings. The molecule has 0 aliphatic rings. The fraction of sp³-hybridized carbons (Fsp3) is 0.250. The lowest BCUT2D eigenvalue weighted by molar-refractivity contribution is -0.645. The van der Waals surface area contributed by atoms with Crippen LogP contribution in [-0.4, -0.2) is 18.3 Å². The van der Waals surface area contributed by atoms with Gasteiger partial charge in [0.1, 0.15) is 5.75 Å². The van der Waals surface area contributed by atoms with Crippen molar-refractivity contribution in [3.63, 3.8) is 0 Å². The Labute approximate surface area is 133 Å². The number of ether oxygens (including phenoxy) is 1. The first-order valence-electron chi connectivity index (χ1n) is 6.85. The van der Waals surface area contributed by atoms with Crippen LogP contribution in [0.3, 0.4) is 0 Å². The van der Waals surface area contributed by atoms with Gasteiger partial charge in [-0.2, -0.15) is 4.73 Å². The van der Waals surface area contributed by atoms with Crippen molar-refractivity contribution >= 4 is 17.7 Å². The lowest BCUT2D eigenvalue weighted by Gasteiger charge is -2.11. The second-order valence-electron chi connectivity index (χ2n) is 4.69. The van der Waals surface area contributed by atoms with Crippen LogP contribution in [0, 0.1) is 5.21 Å². The van der Waals surface area contributed by atoms with Crippen molar-refractivity contribution in [2.24, 2.45) is 0 Å². The number of hydrogen-bond donors (Lipinski definition) is 1. The number of carbonyl (C=O) groups excluding carboxylic acids is 1. The number of nitrogens with one attached hydrogen (secondary N) is 1. The van der Waals surface area contributed by atoms with Crippen LogP contribution in [0.1, 0.15) is 12.5 Å². The Hall–Kier alpha value is -2.21. The SMILES string of the molecule is COc1ccc(CNC(=O)[C@@H](C)Sc2cccc[n+]2[O-])cc1. The lowest BCUT2D eigenvalue weighted by atomic mass is 10.2. The zero-order valence-electron chi connectivity index (χ0n) is 12.5. The van der Waals surface area contributed by atoms with Gasteiger partial charge in [0.2, 0.25) is 5.91 Å². The highest BCUT2D eigenvalue weighted by Crippen LogP contribution is 2.19. The van der Waals surface area contributed by atoms with E-state index in [1.165, 1.54) is 18.0 Å². The van der Waals surface area contributed by atoms with E-state index in [2.05, 4.69) is 5.32 Å². The molecular formula is C16H18N2O3S. The summed E-state index contributed by atoms with van der Waals surface area (Å²) in [6, 6.07) is 12.6. The summed E-state index contributed by atoms with van der Waals surface area (Å²) in [7, 11) is 1.61. The zero-order chi connectivity index (χ0) is 15.9. The smallest absolute Gasteiger partial charge is 0.252 e. The molecule has 116 valence electrons. The molecular weight excluding hydrogens is 300 g/mol. The molecule has 1 aromatic heterocycles. The van der Waals surface area contributed by atoms with Gasteiger partial charge in [0.15, 0.2) is 6.20 Å². The Bertz CT molecular complexity index is 632. The van der Waals surface area contributed by atoms with Gasteiger partial charge in [0, 0.05) is 18.7 Å². The maximum absolute atomic E-state index is 12.1. The molecule has 6 heteroatoms. The first-order chi connectivity index (χ1) is 10.6. The Morgan fingerprint density at radius 1 is 1.32 bits per heavy atom. The molecule has 0 spiro atoms. The second-order valence-corrected chi connectivity index (χ2v) is 6.05. The maximum Gasteiger partial charge on any atom is 0.252 e. The van der Waals surface area contributed by atoms with Gasteiger partial charge in [-0.05, 0) is 42.4 Å². The fourth-order valence-electron chi connectivity index (χ4n) is 1.81. The maximum atomic E-state index is 12.1. The van der Waals surface area contributed by atoms with Crippen molar-refractivity contribution in [2.45, 2.75) is 23.7 Å². The van der Waals surface area contributed by atoms with Crippen LogP contribution in [-0.2, 0) is 11.3 Å². The minimum absolute atomic E-state index is 0.107. The lowest BCUT2D eigenvalue weighted by Crippen LogP contribution is -2.33. The normalized spacial score (nSPS) is 11.7. The molecule has 0 saturated heterocycles. The fourth-order valence-corrected chi connectivity index (χ4v) is 2.69. The summed E-state index contributed by atoms with van der Waals surface area (Å²) in [4.78, 5) is 12.1. The summed E-state index contributed by atoms with van der Waals surface area (Å²) in [5.74, 6) is 0.674. The van der Waals surface area contributed by atoms with Gasteiger partial charge in [-0.1, -0.05) is 12.1 Å². The van der Waals surface area contributed by atoms with Crippen LogP contribution < -0.4 is 14.8 Å². The molecule has 1 N–H and O–H groups in total. The van der Waals surface area contributed by atoms with Gasteiger partial charge < -0.3 is 15.3 Å². The molecule has 5 nitrogen and oxygen atoms in total. The van der Waals surface area contributed by atoms with E-state index in [4.69, 9.17) is 4.74 Å². The van der Waals surface area contributed by atoms with Crippen LogP contribution in [0.4, 0.5) is 0 Å². The van der Waals surface area contributed by atoms with Crippen LogP contribution in [0.5, 0.6) is 5.75 Å². The molecule has 0 aliphatic heterocycles. The van der Waals surface area contributed by atoms with Gasteiger partial charge in [-0.3, -0.25) is 4.79 Å². The molecule has 1 amide bonds. The van der Waals surface area contributed by atoms with Gasteiger partial charge in [-0.25, -0.2) is 0 Å². The number of aromatic nitrogens is 1. The Kier molecular flexibility index (Phi) is 5.66. The van der Waals surface area contributed by atoms with E-state index < -0.39 is 0 Å². The van der Waals surface area contributed by atoms with Crippen molar-refractivity contribution < 1.29 is 14.3 Å². The molecule has 1 heterocycles. The topological polar surface area (TPSA) is 65.3 Å². The first-order valence-corrected chi connectivity index (χ1v) is 7.73. The first kappa shape index (κ1) is 16.2. The number of benzene rings is 1. The summed E-state index contributed by atoms with van der Waals surface area (Å²) >= 11 is 1.24. The highest BCUT2D eigenvalue weighted by atomic mass is 32.2. The minimum Gasteiger partial charge on any atom is -0.618 e. The van der Waals surface area contributed by atoms with Crippen LogP contribution >= 0.6 is 11.8 Å². The van der Waals surface area contributed by atoms with Gasteiger partial charge in [-0.15, -0.1) is 0 Å². The van der Waals surface area contributed by atoms with Crippen molar-refractivity contribution in [3.05, 3.63) is 59.4 Å². The Balaban J connectivity index is 1.87. The van der Waals surface area contributed by atoms with Crippen molar-refractivity contribution in [1.82, 2.24) is 5.32 Å². The molecule has 2 rings (SSSR count). The van der Waals surface area contributed by atoms with Gasteiger partial charge in [0.05, 0.1) is 12.4 Å². The third-order valence-corrected chi connectivity index (χ3v) is 4.21. The van der Waals surface area contributed by atoms with Crippen LogP contribution in [0.25, 0.3) is 0 Å². The average molecular weight is 318 g/mol. The summed E-state index contributed by atoms with van der Waals surface area (Å²) in [5, 5.41) is 14.6. The summed E-state index contributed by atoms with van der Waals surface area (Å²) < 4.78 is 5.85. The summed E-state index contributed by atoms with van der Waals surface area (Å²) in [6.07, 6.45) is 1.42. The molecule has 0 radical (unpaired) electrons. The number of carbonyl (C=O) groups is 1. The average Bonchev–Trinajstić information content (AvgIpc) is 2.55. The molecule has 0 aliphatic carbocycles. The van der Waals surface area contributed by atoms with Crippen LogP contribution in [0.2, 0.25) is 0 Å². The summed E-state index contributed by atoms with van der Waals surface area (Å²) in [6.45, 7) is 2.22. The molecule has 0 unspecified atom stereocenters. The van der Waals surface area contributed by atoms with E-state index in [-0.39, 0.29) is 11.2 Å². The quantitative estimate of drug-likeness (QED) is 0.503. The molecule has 0 fully saturated rings. The van der Waals surface area contributed by atoms with E-state index in [1.54, 1.807) is 32.2 Å². The van der Waals surface area contributed by atoms with E-state index >= 15 is 0 Å². The number of rotatable bonds is 6. The number of hydrogen-bond acceptors (Lipinski definition) is 4. The predicted molar refractivity (Wildman–Crippen MR) is 85.6 cm³/mol. The van der Waals surface area contributed by atoms with Crippen LogP contribution in [0.15, 0.2) is 53.7 Å². The number of thioether (sulfide) groups is 1. The highest BCUT2D eigenvalue weighted by molar-refractivity contribution is 8.00. The minimum atomic E-state index is -0.346. The largest absolute Gasteiger partial charge is 0.618 e. The van der Waals surface area contributed by atoms with Crippen molar-refractivity contribution in [3.8, 4) is 5.75 Å². The highest BCUT2D eigenvalue weighted by Gasteiger charge is 2.18. The number of amides is 1. The van der Waals surface area contributed by atoms with E-state index in [0.717, 1.165) is 16.0 Å². The molecule has 0 bridgehead atoms. The van der Waals surface area contributed by atoms with Crippen molar-refractivity contribution in [2.75, 3.05) is 7.11 Å². The monoisotopic (exact) mass is 318 g/mol. The standard InChI is InChI=1S/C16H18N2O3S/c1-12(22-15-5-3-4-10-18(15)20)16(19)17-11-13-6-8-14(21-2)9-7-13/h3-10,12H,11H2,1-2H3,(H,17,19)/t12-/m1/s1. The Morgan fingerprint density at radius 3 is 2.68 bits per heavy atom. The zero-order valence-corrected chi connectivity index (χ0v) is 13.3. The summed E-state index contributed by atoms with van der Waals surface area (Å²) in [5.41, 5.74) is 0.991. The predicted octanol–water partition coefficient (Wildman–Crippen LogP) is 2.13. The molecule has 1 atom stereocenters. The Morgan fingerprint density at radius 2 is 2.05 bits per heavy atom. The number of pyridine rings is 1. The third-order valence-electron chi connectivity index (χ3n) is 3.08. The van der Waals surface area contributed by atoms with E-state index in [9.17, 15) is 10.0 Å². The van der Waals surface area contributed by atoms with Crippen molar-refractivity contribution in [1.29, 1.82) is 0 Å². The second kappa shape index (κ2) is 7.70. The van der Waals surface area contributed by atoms with E-state index in [0.29, 0.717) is 11.6 Å².